The molecule has 1 saturated heterocycles. The van der Waals surface area contributed by atoms with Crippen molar-refractivity contribution in [1.82, 2.24) is 5.32 Å². The van der Waals surface area contributed by atoms with Crippen molar-refractivity contribution in [2.75, 3.05) is 12.0 Å². The number of benzene rings is 1. The van der Waals surface area contributed by atoms with Crippen molar-refractivity contribution in [3.63, 3.8) is 0 Å². The highest BCUT2D eigenvalue weighted by molar-refractivity contribution is 6.22. The largest absolute Gasteiger partial charge is 0.469 e. The number of urea groups is 1. The Balaban J connectivity index is 2.20. The van der Waals surface area contributed by atoms with E-state index < -0.39 is 23.9 Å². The third-order valence-corrected chi connectivity index (χ3v) is 3.31. The molecule has 0 aliphatic carbocycles. The minimum absolute atomic E-state index is 0.216. The van der Waals surface area contributed by atoms with Crippen LogP contribution in [0.4, 0.5) is 10.5 Å². The van der Waals surface area contributed by atoms with Crippen LogP contribution in [-0.2, 0) is 14.3 Å². The average molecular weight is 305 g/mol. The molecule has 116 valence electrons. The van der Waals surface area contributed by atoms with Gasteiger partial charge in [0.15, 0.2) is 0 Å². The van der Waals surface area contributed by atoms with E-state index in [1.165, 1.54) is 7.11 Å². The van der Waals surface area contributed by atoms with E-state index in [1.807, 2.05) is 0 Å². The molecule has 1 fully saturated rings. The number of carbonyl (C=O) groups excluding carboxylic acids is 3. The number of esters is 1. The summed E-state index contributed by atoms with van der Waals surface area (Å²) in [5.74, 6) is -1.10. The lowest BCUT2D eigenvalue weighted by atomic mass is 10.1. The van der Waals surface area contributed by atoms with Crippen LogP contribution in [0.3, 0.4) is 0 Å². The van der Waals surface area contributed by atoms with Crippen LogP contribution >= 0.6 is 0 Å². The van der Waals surface area contributed by atoms with Crippen molar-refractivity contribution in [1.29, 1.82) is 0 Å². The van der Waals surface area contributed by atoms with Gasteiger partial charge in [-0.3, -0.25) is 9.59 Å². The molecule has 8 nitrogen and oxygen atoms in total. The molecule has 22 heavy (non-hydrogen) atoms. The van der Waals surface area contributed by atoms with E-state index in [4.69, 9.17) is 5.21 Å². The molecule has 1 aliphatic heterocycles. The van der Waals surface area contributed by atoms with Gasteiger partial charge < -0.3 is 15.3 Å². The van der Waals surface area contributed by atoms with Gasteiger partial charge in [0.2, 0.25) is 0 Å². The van der Waals surface area contributed by atoms with E-state index in [0.717, 1.165) is 4.90 Å². The fourth-order valence-electron chi connectivity index (χ4n) is 2.07. The Kier molecular flexibility index (Phi) is 4.40. The first-order valence-electron chi connectivity index (χ1n) is 6.48. The van der Waals surface area contributed by atoms with Crippen LogP contribution in [0.5, 0.6) is 0 Å². The van der Waals surface area contributed by atoms with Crippen LogP contribution in [0, 0.1) is 0 Å². The zero-order valence-electron chi connectivity index (χ0n) is 12.1. The monoisotopic (exact) mass is 305 g/mol. The van der Waals surface area contributed by atoms with Crippen molar-refractivity contribution >= 4 is 29.3 Å². The summed E-state index contributed by atoms with van der Waals surface area (Å²) in [4.78, 5) is 36.3. The first kappa shape index (κ1) is 15.5. The highest BCUT2D eigenvalue weighted by Gasteiger charge is 2.40. The lowest BCUT2D eigenvalue weighted by molar-refractivity contribution is -0.142. The number of nitrogens with zero attached hydrogens (tertiary/aromatic N) is 2. The summed E-state index contributed by atoms with van der Waals surface area (Å²) in [6.07, 6.45) is -0.216. The summed E-state index contributed by atoms with van der Waals surface area (Å²) < 4.78 is 4.49. The van der Waals surface area contributed by atoms with Crippen molar-refractivity contribution in [3.8, 4) is 0 Å². The number of oxime groups is 1. The van der Waals surface area contributed by atoms with E-state index in [-0.39, 0.29) is 6.42 Å². The van der Waals surface area contributed by atoms with Crippen molar-refractivity contribution in [3.05, 3.63) is 29.8 Å². The first-order chi connectivity index (χ1) is 10.5. The number of methoxy groups -OCH3 is 1. The number of amides is 3. The lowest BCUT2D eigenvalue weighted by Crippen LogP contribution is -2.32. The molecule has 0 saturated carbocycles. The Morgan fingerprint density at radius 2 is 2.00 bits per heavy atom. The molecule has 3 amide bonds. The molecule has 1 atom stereocenters. The van der Waals surface area contributed by atoms with Gasteiger partial charge in [0.25, 0.3) is 5.91 Å². The van der Waals surface area contributed by atoms with Crippen molar-refractivity contribution < 1.29 is 24.3 Å². The molecule has 1 aliphatic rings. The minimum atomic E-state index is -0.930. The Labute approximate surface area is 126 Å². The van der Waals surface area contributed by atoms with Gasteiger partial charge in [0.05, 0.1) is 24.9 Å². The van der Waals surface area contributed by atoms with Gasteiger partial charge in [0.1, 0.15) is 6.04 Å². The van der Waals surface area contributed by atoms with Crippen LogP contribution in [0.2, 0.25) is 0 Å². The lowest BCUT2D eigenvalue weighted by Gasteiger charge is -2.13. The van der Waals surface area contributed by atoms with Gasteiger partial charge in [-0.2, -0.15) is 0 Å². The molecule has 2 rings (SSSR count). The molecule has 1 aromatic carbocycles. The van der Waals surface area contributed by atoms with Gasteiger partial charge >= 0.3 is 12.0 Å². The molecule has 0 spiro atoms. The minimum Gasteiger partial charge on any atom is -0.469 e. The second-order valence-electron chi connectivity index (χ2n) is 4.69. The van der Waals surface area contributed by atoms with Crippen molar-refractivity contribution in [2.45, 2.75) is 19.4 Å². The molecular formula is C14H15N3O5. The second-order valence-corrected chi connectivity index (χ2v) is 4.69. The number of hydrogen-bond donors (Lipinski definition) is 2. The molecule has 0 aromatic heterocycles. The Morgan fingerprint density at radius 1 is 1.36 bits per heavy atom. The summed E-state index contributed by atoms with van der Waals surface area (Å²) in [6.45, 7) is 1.62. The van der Waals surface area contributed by atoms with Crippen LogP contribution < -0.4 is 10.2 Å². The quantitative estimate of drug-likeness (QED) is 0.282. The average Bonchev–Trinajstić information content (AvgIpc) is 2.80. The normalized spacial score (nSPS) is 18.4. The number of anilines is 1. The Morgan fingerprint density at radius 3 is 2.55 bits per heavy atom. The van der Waals surface area contributed by atoms with E-state index in [0.29, 0.717) is 17.0 Å². The van der Waals surface area contributed by atoms with E-state index in [1.54, 1.807) is 31.2 Å². The topological polar surface area (TPSA) is 108 Å². The van der Waals surface area contributed by atoms with Crippen LogP contribution in [0.1, 0.15) is 18.9 Å². The maximum atomic E-state index is 12.2. The predicted octanol–water partition coefficient (Wildman–Crippen LogP) is 0.873. The third-order valence-electron chi connectivity index (χ3n) is 3.31. The van der Waals surface area contributed by atoms with E-state index in [9.17, 15) is 14.4 Å². The fraction of sp³-hybridized carbons (Fsp3) is 0.286. The molecule has 1 heterocycles. The molecule has 8 heteroatoms. The maximum Gasteiger partial charge on any atom is 0.329 e. The van der Waals surface area contributed by atoms with Gasteiger partial charge in [-0.05, 0) is 24.6 Å². The fourth-order valence-corrected chi connectivity index (χ4v) is 2.07. The number of imide groups is 1. The Hall–Kier alpha value is -2.90. The standard InChI is InChI=1S/C14H15N3O5/c1-8(16-21)9-3-5-10(6-4-9)17-13(19)11(15-14(17)20)7-12(18)22-2/h3-6,11,21H,7H2,1-2H3,(H,15,20)/b16-8+. The van der Waals surface area contributed by atoms with Crippen LogP contribution in [0.25, 0.3) is 0 Å². The van der Waals surface area contributed by atoms with Crippen LogP contribution in [0.15, 0.2) is 29.4 Å². The number of nitrogens with one attached hydrogen (secondary N) is 1. The van der Waals surface area contributed by atoms with Gasteiger partial charge in [-0.25, -0.2) is 9.69 Å². The zero-order valence-corrected chi connectivity index (χ0v) is 12.1. The zero-order chi connectivity index (χ0) is 16.3. The van der Waals surface area contributed by atoms with Crippen LogP contribution in [-0.4, -0.2) is 42.0 Å². The molecular weight excluding hydrogens is 290 g/mol. The highest BCUT2D eigenvalue weighted by atomic mass is 16.5. The molecule has 2 N–H and O–H groups in total. The van der Waals surface area contributed by atoms with E-state index in [2.05, 4.69) is 15.2 Å². The SMILES string of the molecule is COC(=O)CC1NC(=O)N(c2ccc(/C(C)=N/O)cc2)C1=O. The molecule has 0 bridgehead atoms. The number of hydrogen-bond acceptors (Lipinski definition) is 6. The van der Waals surface area contributed by atoms with Crippen molar-refractivity contribution in [2.24, 2.45) is 5.16 Å². The van der Waals surface area contributed by atoms with Gasteiger partial charge in [-0.15, -0.1) is 0 Å². The smallest absolute Gasteiger partial charge is 0.329 e. The number of rotatable bonds is 4. The first-order valence-corrected chi connectivity index (χ1v) is 6.48. The van der Waals surface area contributed by atoms with E-state index >= 15 is 0 Å². The number of carbonyl (C=O) groups is 3. The highest BCUT2D eigenvalue weighted by Crippen LogP contribution is 2.21. The molecule has 0 radical (unpaired) electrons. The molecule has 1 aromatic rings. The molecule has 1 unspecified atom stereocenters. The third kappa shape index (κ3) is 2.90. The summed E-state index contributed by atoms with van der Waals surface area (Å²) >= 11 is 0. The van der Waals surface area contributed by atoms with Gasteiger partial charge in [0, 0.05) is 0 Å². The summed E-state index contributed by atoms with van der Waals surface area (Å²) in [5, 5.41) is 14.2. The predicted molar refractivity (Wildman–Crippen MR) is 76.9 cm³/mol. The second kappa shape index (κ2) is 6.25. The summed E-state index contributed by atoms with van der Waals surface area (Å²) in [7, 11) is 1.21. The number of ether oxygens (including phenoxy) is 1. The summed E-state index contributed by atoms with van der Waals surface area (Å²) in [6, 6.07) is 4.83. The Bertz CT molecular complexity index is 638. The maximum absolute atomic E-state index is 12.2. The summed E-state index contributed by atoms with van der Waals surface area (Å²) in [5.41, 5.74) is 1.43. The van der Waals surface area contributed by atoms with Gasteiger partial charge in [-0.1, -0.05) is 17.3 Å².